The van der Waals surface area contributed by atoms with Gasteiger partial charge in [-0.3, -0.25) is 4.79 Å². The predicted octanol–water partition coefficient (Wildman–Crippen LogP) is 2.53. The predicted molar refractivity (Wildman–Crippen MR) is 79.2 cm³/mol. The van der Waals surface area contributed by atoms with Crippen molar-refractivity contribution < 1.29 is 22.7 Å². The first-order valence-electron chi connectivity index (χ1n) is 7.78. The van der Waals surface area contributed by atoms with Crippen LogP contribution in [-0.4, -0.2) is 49.7 Å². The molecule has 2 fully saturated rings. The molecule has 3 rings (SSSR count). The highest BCUT2D eigenvalue weighted by atomic mass is 19.4. The molecule has 2 heterocycles. The molecule has 4 nitrogen and oxygen atoms in total. The molecule has 1 amide bonds. The summed E-state index contributed by atoms with van der Waals surface area (Å²) < 4.78 is 43.2. The number of anilines is 1. The number of halogens is 3. The van der Waals surface area contributed by atoms with E-state index in [0.29, 0.717) is 32.8 Å². The van der Waals surface area contributed by atoms with Crippen LogP contribution in [0.1, 0.15) is 18.4 Å². The van der Waals surface area contributed by atoms with Crippen molar-refractivity contribution in [1.82, 2.24) is 4.90 Å². The number of carbonyl (C=O) groups is 1. The molecule has 2 aliphatic heterocycles. The second kappa shape index (κ2) is 6.39. The lowest BCUT2D eigenvalue weighted by atomic mass is 10.1. The van der Waals surface area contributed by atoms with E-state index in [1.807, 2.05) is 4.90 Å². The smallest absolute Gasteiger partial charge is 0.368 e. The average molecular weight is 328 g/mol. The molecule has 0 bridgehead atoms. The second-order valence-electron chi connectivity index (χ2n) is 5.86. The highest BCUT2D eigenvalue weighted by Crippen LogP contribution is 2.30. The first kappa shape index (κ1) is 16.1. The molecule has 0 spiro atoms. The number of piperazine rings is 1. The molecule has 0 N–H and O–H groups in total. The van der Waals surface area contributed by atoms with Crippen LogP contribution in [0, 0.1) is 0 Å². The Kier molecular flexibility index (Phi) is 4.48. The SMILES string of the molecule is O=C(C1CCCO1)N1CCN(c2ccc(C(F)(F)F)cc2)CC1. The maximum atomic E-state index is 12.6. The van der Waals surface area contributed by atoms with Gasteiger partial charge in [0.2, 0.25) is 0 Å². The maximum absolute atomic E-state index is 12.6. The normalized spacial score (nSPS) is 22.5. The van der Waals surface area contributed by atoms with Crippen LogP contribution in [0.5, 0.6) is 0 Å². The van der Waals surface area contributed by atoms with Gasteiger partial charge in [0.05, 0.1) is 5.56 Å². The summed E-state index contributed by atoms with van der Waals surface area (Å²) in [5.74, 6) is 0.0366. The Morgan fingerprint density at radius 3 is 2.26 bits per heavy atom. The Morgan fingerprint density at radius 1 is 1.09 bits per heavy atom. The number of nitrogens with zero attached hydrogens (tertiary/aromatic N) is 2. The molecule has 0 aliphatic carbocycles. The number of rotatable bonds is 2. The van der Waals surface area contributed by atoms with Crippen LogP contribution in [0.25, 0.3) is 0 Å². The van der Waals surface area contributed by atoms with Gasteiger partial charge in [0.1, 0.15) is 6.10 Å². The number of amides is 1. The zero-order valence-corrected chi connectivity index (χ0v) is 12.7. The van der Waals surface area contributed by atoms with Gasteiger partial charge in [-0.1, -0.05) is 0 Å². The number of hydrogen-bond donors (Lipinski definition) is 0. The topological polar surface area (TPSA) is 32.8 Å². The van der Waals surface area contributed by atoms with Crippen LogP contribution >= 0.6 is 0 Å². The summed E-state index contributed by atoms with van der Waals surface area (Å²) in [7, 11) is 0. The van der Waals surface area contributed by atoms with Crippen LogP contribution in [0.3, 0.4) is 0 Å². The molecule has 1 aromatic carbocycles. The van der Waals surface area contributed by atoms with Crippen molar-refractivity contribution >= 4 is 11.6 Å². The first-order valence-corrected chi connectivity index (χ1v) is 7.78. The van der Waals surface area contributed by atoms with E-state index in [1.165, 1.54) is 12.1 Å². The molecule has 1 unspecified atom stereocenters. The number of carbonyl (C=O) groups excluding carboxylic acids is 1. The third kappa shape index (κ3) is 3.60. The molecule has 0 aromatic heterocycles. The zero-order valence-electron chi connectivity index (χ0n) is 12.7. The van der Waals surface area contributed by atoms with E-state index in [-0.39, 0.29) is 12.0 Å². The van der Waals surface area contributed by atoms with Crippen molar-refractivity contribution in [1.29, 1.82) is 0 Å². The lowest BCUT2D eigenvalue weighted by molar-refractivity contribution is -0.141. The number of hydrogen-bond acceptors (Lipinski definition) is 3. The van der Waals surface area contributed by atoms with Gasteiger partial charge in [-0.2, -0.15) is 13.2 Å². The Morgan fingerprint density at radius 2 is 1.74 bits per heavy atom. The Bertz CT molecular complexity index is 545. The van der Waals surface area contributed by atoms with E-state index in [2.05, 4.69) is 0 Å². The largest absolute Gasteiger partial charge is 0.416 e. The quantitative estimate of drug-likeness (QED) is 0.836. The number of alkyl halides is 3. The third-order valence-corrected chi connectivity index (χ3v) is 4.36. The minimum Gasteiger partial charge on any atom is -0.368 e. The molecule has 1 aromatic rings. The first-order chi connectivity index (χ1) is 10.9. The molecule has 0 radical (unpaired) electrons. The fraction of sp³-hybridized carbons (Fsp3) is 0.562. The van der Waals surface area contributed by atoms with Gasteiger partial charge in [0.25, 0.3) is 5.91 Å². The van der Waals surface area contributed by atoms with Crippen molar-refractivity contribution in [3.8, 4) is 0 Å². The lowest BCUT2D eigenvalue weighted by Crippen LogP contribution is -2.51. The molecule has 0 saturated carbocycles. The Labute approximate surface area is 132 Å². The van der Waals surface area contributed by atoms with E-state index in [0.717, 1.165) is 30.7 Å². The van der Waals surface area contributed by atoms with Gasteiger partial charge in [-0.05, 0) is 37.1 Å². The number of ether oxygens (including phenoxy) is 1. The summed E-state index contributed by atoms with van der Waals surface area (Å²) in [5.41, 5.74) is 0.107. The molecule has 7 heteroatoms. The van der Waals surface area contributed by atoms with E-state index < -0.39 is 11.7 Å². The number of benzene rings is 1. The fourth-order valence-corrected chi connectivity index (χ4v) is 3.02. The molecule has 1 atom stereocenters. The standard InChI is InChI=1S/C16H19F3N2O2/c17-16(18,19)12-3-5-13(6-4-12)20-7-9-21(10-8-20)15(22)14-2-1-11-23-14/h3-6,14H,1-2,7-11H2. The summed E-state index contributed by atoms with van der Waals surface area (Å²) in [6.07, 6.45) is -2.93. The van der Waals surface area contributed by atoms with Crippen LogP contribution in [-0.2, 0) is 15.7 Å². The van der Waals surface area contributed by atoms with Gasteiger partial charge in [-0.15, -0.1) is 0 Å². The summed E-state index contributed by atoms with van der Waals surface area (Å²) in [6, 6.07) is 5.17. The van der Waals surface area contributed by atoms with Crippen LogP contribution in [0.2, 0.25) is 0 Å². The highest BCUT2D eigenvalue weighted by Gasteiger charge is 2.32. The van der Waals surface area contributed by atoms with Crippen molar-refractivity contribution in [2.45, 2.75) is 25.1 Å². The van der Waals surface area contributed by atoms with Gasteiger partial charge >= 0.3 is 6.18 Å². The average Bonchev–Trinajstić information content (AvgIpc) is 3.08. The summed E-state index contributed by atoms with van der Waals surface area (Å²) in [5, 5.41) is 0. The second-order valence-corrected chi connectivity index (χ2v) is 5.86. The Balaban J connectivity index is 1.57. The van der Waals surface area contributed by atoms with Gasteiger partial charge in [-0.25, -0.2) is 0 Å². The van der Waals surface area contributed by atoms with Gasteiger partial charge in [0.15, 0.2) is 0 Å². The lowest BCUT2D eigenvalue weighted by Gasteiger charge is -2.37. The minimum atomic E-state index is -4.31. The van der Waals surface area contributed by atoms with Crippen molar-refractivity contribution in [3.05, 3.63) is 29.8 Å². The van der Waals surface area contributed by atoms with E-state index in [9.17, 15) is 18.0 Å². The van der Waals surface area contributed by atoms with Crippen molar-refractivity contribution in [2.24, 2.45) is 0 Å². The molecule has 126 valence electrons. The molecular formula is C16H19F3N2O2. The molecule has 23 heavy (non-hydrogen) atoms. The monoisotopic (exact) mass is 328 g/mol. The third-order valence-electron chi connectivity index (χ3n) is 4.36. The van der Waals surface area contributed by atoms with Gasteiger partial charge < -0.3 is 14.5 Å². The van der Waals surface area contributed by atoms with Crippen molar-refractivity contribution in [2.75, 3.05) is 37.7 Å². The minimum absolute atomic E-state index is 0.0366. The van der Waals surface area contributed by atoms with Crippen molar-refractivity contribution in [3.63, 3.8) is 0 Å². The molecular weight excluding hydrogens is 309 g/mol. The van der Waals surface area contributed by atoms with Gasteiger partial charge in [0, 0.05) is 38.5 Å². The molecule has 2 aliphatic rings. The Hall–Kier alpha value is -1.76. The summed E-state index contributed by atoms with van der Waals surface area (Å²) >= 11 is 0. The summed E-state index contributed by atoms with van der Waals surface area (Å²) in [6.45, 7) is 3.01. The fourth-order valence-electron chi connectivity index (χ4n) is 3.02. The molecule has 2 saturated heterocycles. The van der Waals surface area contributed by atoms with Crippen LogP contribution in [0.15, 0.2) is 24.3 Å². The zero-order chi connectivity index (χ0) is 16.4. The van der Waals surface area contributed by atoms with E-state index in [4.69, 9.17) is 4.74 Å². The van der Waals surface area contributed by atoms with Crippen LogP contribution in [0.4, 0.5) is 18.9 Å². The van der Waals surface area contributed by atoms with Crippen LogP contribution < -0.4 is 4.90 Å². The van der Waals surface area contributed by atoms with E-state index >= 15 is 0 Å². The summed E-state index contributed by atoms with van der Waals surface area (Å²) in [4.78, 5) is 16.0. The maximum Gasteiger partial charge on any atom is 0.416 e. The van der Waals surface area contributed by atoms with E-state index in [1.54, 1.807) is 4.90 Å². The highest BCUT2D eigenvalue weighted by molar-refractivity contribution is 5.81.